The number of ether oxygens (including phenoxy) is 1. The zero-order chi connectivity index (χ0) is 21.3. The minimum atomic E-state index is -0.805. The zero-order valence-corrected chi connectivity index (χ0v) is 16.2. The summed E-state index contributed by atoms with van der Waals surface area (Å²) in [6.45, 7) is 2.48. The topological polar surface area (TPSA) is 81.9 Å². The minimum absolute atomic E-state index is 0.0254. The number of fused-ring (bicyclic) bond motifs is 1. The SMILES string of the molecule is CCNc1ncc2nc(-c3cc(F)cc(F)c3)c(=O)n(-c3ccc(OC)cc3)c2n1. The van der Waals surface area contributed by atoms with Gasteiger partial charge in [-0.25, -0.2) is 18.7 Å². The number of hydrogen-bond donors (Lipinski definition) is 1. The first-order chi connectivity index (χ1) is 14.5. The third kappa shape index (κ3) is 3.57. The lowest BCUT2D eigenvalue weighted by Gasteiger charge is -2.13. The lowest BCUT2D eigenvalue weighted by molar-refractivity contribution is 0.414. The number of anilines is 1. The Bertz CT molecular complexity index is 1270. The molecule has 0 fully saturated rings. The standard InChI is InChI=1S/C21H17F2N5O2/c1-3-24-21-25-11-17-19(27-21)28(15-4-6-16(30-2)7-5-15)20(29)18(26-17)12-8-13(22)10-14(23)9-12/h4-11H,3H2,1-2H3,(H,24,25,27). The maximum atomic E-state index is 13.8. The molecule has 0 radical (unpaired) electrons. The lowest BCUT2D eigenvalue weighted by Crippen LogP contribution is -2.23. The summed E-state index contributed by atoms with van der Waals surface area (Å²) >= 11 is 0. The average Bonchev–Trinajstić information content (AvgIpc) is 2.73. The third-order valence-corrected chi connectivity index (χ3v) is 4.40. The van der Waals surface area contributed by atoms with E-state index in [1.807, 2.05) is 6.92 Å². The molecule has 0 bridgehead atoms. The number of nitrogens with one attached hydrogen (secondary N) is 1. The largest absolute Gasteiger partial charge is 0.497 e. The molecule has 0 aliphatic heterocycles. The highest BCUT2D eigenvalue weighted by atomic mass is 19.1. The Morgan fingerprint density at radius 1 is 1.07 bits per heavy atom. The molecule has 0 aliphatic rings. The van der Waals surface area contributed by atoms with Crippen molar-refractivity contribution in [3.63, 3.8) is 0 Å². The van der Waals surface area contributed by atoms with E-state index in [4.69, 9.17) is 4.74 Å². The van der Waals surface area contributed by atoms with Crippen LogP contribution in [0.4, 0.5) is 14.7 Å². The highest BCUT2D eigenvalue weighted by Crippen LogP contribution is 2.22. The summed E-state index contributed by atoms with van der Waals surface area (Å²) in [4.78, 5) is 26.3. The molecule has 0 spiro atoms. The highest BCUT2D eigenvalue weighted by Gasteiger charge is 2.17. The Kier molecular flexibility index (Phi) is 5.09. The number of rotatable bonds is 5. The second-order valence-corrected chi connectivity index (χ2v) is 6.39. The molecule has 9 heteroatoms. The second kappa shape index (κ2) is 7.86. The van der Waals surface area contributed by atoms with Gasteiger partial charge in [-0.05, 0) is 43.3 Å². The van der Waals surface area contributed by atoms with Gasteiger partial charge in [0, 0.05) is 18.2 Å². The van der Waals surface area contributed by atoms with Crippen molar-refractivity contribution in [1.82, 2.24) is 19.5 Å². The van der Waals surface area contributed by atoms with E-state index in [1.54, 1.807) is 24.3 Å². The average molecular weight is 409 g/mol. The van der Waals surface area contributed by atoms with Crippen LogP contribution in [-0.2, 0) is 0 Å². The van der Waals surface area contributed by atoms with Crippen molar-refractivity contribution >= 4 is 17.1 Å². The van der Waals surface area contributed by atoms with E-state index in [0.717, 1.165) is 18.2 Å². The van der Waals surface area contributed by atoms with Crippen molar-refractivity contribution < 1.29 is 13.5 Å². The van der Waals surface area contributed by atoms with Gasteiger partial charge in [0.05, 0.1) is 19.0 Å². The van der Waals surface area contributed by atoms with Crippen LogP contribution in [0.5, 0.6) is 5.75 Å². The van der Waals surface area contributed by atoms with Crippen LogP contribution in [-0.4, -0.2) is 33.2 Å². The van der Waals surface area contributed by atoms with Crippen molar-refractivity contribution in [2.75, 3.05) is 19.0 Å². The lowest BCUT2D eigenvalue weighted by atomic mass is 10.1. The molecule has 2 heterocycles. The maximum Gasteiger partial charge on any atom is 0.283 e. The van der Waals surface area contributed by atoms with Crippen molar-refractivity contribution in [3.8, 4) is 22.7 Å². The Labute approximate surface area is 170 Å². The van der Waals surface area contributed by atoms with Gasteiger partial charge >= 0.3 is 0 Å². The molecule has 2 aromatic heterocycles. The molecular formula is C21H17F2N5O2. The fourth-order valence-corrected chi connectivity index (χ4v) is 3.07. The fourth-order valence-electron chi connectivity index (χ4n) is 3.07. The second-order valence-electron chi connectivity index (χ2n) is 6.39. The molecule has 4 aromatic rings. The third-order valence-electron chi connectivity index (χ3n) is 4.40. The number of hydrogen-bond acceptors (Lipinski definition) is 6. The Morgan fingerprint density at radius 2 is 1.77 bits per heavy atom. The molecule has 0 saturated carbocycles. The summed E-state index contributed by atoms with van der Waals surface area (Å²) < 4.78 is 34.1. The van der Waals surface area contributed by atoms with E-state index in [-0.39, 0.29) is 16.9 Å². The van der Waals surface area contributed by atoms with E-state index < -0.39 is 17.2 Å². The van der Waals surface area contributed by atoms with Gasteiger partial charge in [0.2, 0.25) is 5.95 Å². The van der Waals surface area contributed by atoms with Crippen molar-refractivity contribution in [2.24, 2.45) is 0 Å². The summed E-state index contributed by atoms with van der Waals surface area (Å²) in [7, 11) is 1.54. The monoisotopic (exact) mass is 409 g/mol. The van der Waals surface area contributed by atoms with E-state index in [0.29, 0.717) is 29.4 Å². The minimum Gasteiger partial charge on any atom is -0.497 e. The number of methoxy groups -OCH3 is 1. The summed E-state index contributed by atoms with van der Waals surface area (Å²) in [6.07, 6.45) is 1.46. The predicted octanol–water partition coefficient (Wildman–Crippen LogP) is 3.56. The van der Waals surface area contributed by atoms with Crippen LogP contribution in [0.3, 0.4) is 0 Å². The molecule has 0 atom stereocenters. The van der Waals surface area contributed by atoms with Gasteiger partial charge < -0.3 is 10.1 Å². The van der Waals surface area contributed by atoms with Crippen LogP contribution in [0, 0.1) is 11.6 Å². The van der Waals surface area contributed by atoms with Gasteiger partial charge in [-0.2, -0.15) is 4.98 Å². The van der Waals surface area contributed by atoms with Gasteiger partial charge in [0.25, 0.3) is 5.56 Å². The Balaban J connectivity index is 2.04. The van der Waals surface area contributed by atoms with Gasteiger partial charge in [0.15, 0.2) is 5.65 Å². The van der Waals surface area contributed by atoms with Crippen LogP contribution >= 0.6 is 0 Å². The molecule has 152 valence electrons. The first-order valence-electron chi connectivity index (χ1n) is 9.14. The summed E-state index contributed by atoms with van der Waals surface area (Å²) in [6, 6.07) is 9.62. The smallest absolute Gasteiger partial charge is 0.283 e. The number of halogens is 2. The van der Waals surface area contributed by atoms with Gasteiger partial charge in [-0.15, -0.1) is 0 Å². The molecule has 0 amide bonds. The zero-order valence-electron chi connectivity index (χ0n) is 16.2. The van der Waals surface area contributed by atoms with Crippen LogP contribution in [0.2, 0.25) is 0 Å². The number of nitrogens with zero attached hydrogens (tertiary/aromatic N) is 4. The summed E-state index contributed by atoms with van der Waals surface area (Å²) in [5, 5.41) is 2.99. The molecule has 2 aromatic carbocycles. The summed E-state index contributed by atoms with van der Waals surface area (Å²) in [5.41, 5.74) is 0.392. The van der Waals surface area contributed by atoms with Crippen LogP contribution in [0.15, 0.2) is 53.5 Å². The fraction of sp³-hybridized carbons (Fsp3) is 0.143. The summed E-state index contributed by atoms with van der Waals surface area (Å²) in [5.74, 6) is -0.666. The maximum absolute atomic E-state index is 13.8. The van der Waals surface area contributed by atoms with E-state index in [2.05, 4.69) is 20.3 Å². The molecule has 0 unspecified atom stereocenters. The molecule has 0 aliphatic carbocycles. The van der Waals surface area contributed by atoms with Crippen molar-refractivity contribution in [2.45, 2.75) is 6.92 Å². The molecular weight excluding hydrogens is 392 g/mol. The molecule has 1 N–H and O–H groups in total. The Morgan fingerprint density at radius 3 is 2.40 bits per heavy atom. The Hall–Kier alpha value is -3.88. The van der Waals surface area contributed by atoms with Gasteiger partial charge in [0.1, 0.15) is 28.6 Å². The van der Waals surface area contributed by atoms with Crippen LogP contribution in [0.1, 0.15) is 6.92 Å². The quantitative estimate of drug-likeness (QED) is 0.543. The molecule has 7 nitrogen and oxygen atoms in total. The number of aromatic nitrogens is 4. The van der Waals surface area contributed by atoms with E-state index in [1.165, 1.54) is 17.9 Å². The molecule has 30 heavy (non-hydrogen) atoms. The van der Waals surface area contributed by atoms with Crippen molar-refractivity contribution in [1.29, 1.82) is 0 Å². The first-order valence-corrected chi connectivity index (χ1v) is 9.14. The van der Waals surface area contributed by atoms with Gasteiger partial charge in [-0.3, -0.25) is 9.36 Å². The van der Waals surface area contributed by atoms with Crippen LogP contribution in [0.25, 0.3) is 28.1 Å². The number of benzene rings is 2. The molecule has 4 rings (SSSR count). The van der Waals surface area contributed by atoms with Gasteiger partial charge in [-0.1, -0.05) is 0 Å². The van der Waals surface area contributed by atoms with E-state index >= 15 is 0 Å². The van der Waals surface area contributed by atoms with E-state index in [9.17, 15) is 13.6 Å². The van der Waals surface area contributed by atoms with Crippen LogP contribution < -0.4 is 15.6 Å². The van der Waals surface area contributed by atoms with Crippen molar-refractivity contribution in [3.05, 3.63) is 70.6 Å². The normalized spacial score (nSPS) is 10.9. The predicted molar refractivity (Wildman–Crippen MR) is 109 cm³/mol. The highest BCUT2D eigenvalue weighted by molar-refractivity contribution is 5.76. The molecule has 0 saturated heterocycles. The first kappa shape index (κ1) is 19.4.